The molecule has 0 atom stereocenters. The first-order valence-corrected chi connectivity index (χ1v) is 11.4. The number of aryl methyl sites for hydroxylation is 1. The summed E-state index contributed by atoms with van der Waals surface area (Å²) in [5.74, 6) is 2.55. The van der Waals surface area contributed by atoms with Gasteiger partial charge in [-0.05, 0) is 54.4 Å². The zero-order valence-corrected chi connectivity index (χ0v) is 20.1. The summed E-state index contributed by atoms with van der Waals surface area (Å²) in [5.41, 5.74) is 2.67. The van der Waals surface area contributed by atoms with Gasteiger partial charge in [0.2, 0.25) is 0 Å². The zero-order chi connectivity index (χ0) is 24.8. The Morgan fingerprint density at radius 3 is 1.89 bits per heavy atom. The molecule has 0 radical (unpaired) electrons. The summed E-state index contributed by atoms with van der Waals surface area (Å²) in [6.45, 7) is 2.83. The number of rotatable bonds is 10. The van der Waals surface area contributed by atoms with Crippen molar-refractivity contribution < 1.29 is 24.1 Å². The van der Waals surface area contributed by atoms with Crippen LogP contribution in [0.1, 0.15) is 23.6 Å². The van der Waals surface area contributed by atoms with Crippen molar-refractivity contribution in [2.75, 3.05) is 14.2 Å². The molecule has 0 unspecified atom stereocenters. The highest BCUT2D eigenvalue weighted by molar-refractivity contribution is 5.88. The highest BCUT2D eigenvalue weighted by Crippen LogP contribution is 2.36. The third-order valence-electron chi connectivity index (χ3n) is 5.84. The highest BCUT2D eigenvalue weighted by atomic mass is 16.5. The molecule has 182 valence electrons. The third-order valence-corrected chi connectivity index (χ3v) is 5.84. The van der Waals surface area contributed by atoms with E-state index >= 15 is 0 Å². The molecule has 0 aliphatic carbocycles. The van der Waals surface area contributed by atoms with Crippen molar-refractivity contribution in [3.8, 4) is 23.0 Å². The van der Waals surface area contributed by atoms with Crippen LogP contribution in [0.25, 0.3) is 10.9 Å². The van der Waals surface area contributed by atoms with E-state index in [1.54, 1.807) is 32.5 Å². The fraction of sp³-hybridized carbons (Fsp3) is 0.250. The van der Waals surface area contributed by atoms with Crippen molar-refractivity contribution in [3.63, 3.8) is 0 Å². The molecule has 7 heteroatoms. The Bertz CT molecular complexity index is 1340. The van der Waals surface area contributed by atoms with E-state index in [2.05, 4.69) is 0 Å². The van der Waals surface area contributed by atoms with Gasteiger partial charge in [-0.2, -0.15) is 0 Å². The van der Waals surface area contributed by atoms with Gasteiger partial charge in [-0.1, -0.05) is 24.3 Å². The van der Waals surface area contributed by atoms with Crippen LogP contribution in [0, 0.1) is 0 Å². The lowest BCUT2D eigenvalue weighted by Crippen LogP contribution is -2.16. The molecule has 1 N–H and O–H groups in total. The van der Waals surface area contributed by atoms with Crippen LogP contribution in [-0.4, -0.2) is 23.9 Å². The smallest absolute Gasteiger partial charge is 0.195 e. The number of benzene rings is 3. The quantitative estimate of drug-likeness (QED) is 0.359. The predicted molar refractivity (Wildman–Crippen MR) is 134 cm³/mol. The molecule has 4 rings (SSSR count). The number of nitrogens with zero attached hydrogens (tertiary/aromatic N) is 1. The van der Waals surface area contributed by atoms with Gasteiger partial charge in [0.05, 0.1) is 31.7 Å². The monoisotopic (exact) mass is 475 g/mol. The minimum absolute atomic E-state index is 0.219. The van der Waals surface area contributed by atoms with Gasteiger partial charge >= 0.3 is 0 Å². The molecule has 4 aromatic rings. The van der Waals surface area contributed by atoms with E-state index in [4.69, 9.17) is 18.9 Å². The maximum atomic E-state index is 13.0. The van der Waals surface area contributed by atoms with Gasteiger partial charge < -0.3 is 28.6 Å². The van der Waals surface area contributed by atoms with Crippen molar-refractivity contribution in [1.82, 2.24) is 4.57 Å². The van der Waals surface area contributed by atoms with Crippen LogP contribution < -0.4 is 24.4 Å². The summed E-state index contributed by atoms with van der Waals surface area (Å²) in [6.07, 6.45) is 1.68. The lowest BCUT2D eigenvalue weighted by molar-refractivity contribution is 0.257. The van der Waals surface area contributed by atoms with Gasteiger partial charge in [-0.3, -0.25) is 4.79 Å². The Balaban J connectivity index is 1.73. The van der Waals surface area contributed by atoms with Gasteiger partial charge in [-0.15, -0.1) is 0 Å². The van der Waals surface area contributed by atoms with Crippen LogP contribution in [0.15, 0.2) is 71.7 Å². The standard InChI is InChI=1S/C28H29NO6/c1-4-29-15-21(16-30)27(31)24-13-14-25(34-17-19-5-9-22(32-2)10-6-19)28(26(24)29)35-18-20-7-11-23(33-3)12-8-20/h5-15,30H,4,16-18H2,1-3H3. The molecule has 3 aromatic carbocycles. The topological polar surface area (TPSA) is 79.2 Å². The summed E-state index contributed by atoms with van der Waals surface area (Å²) in [4.78, 5) is 13.0. The van der Waals surface area contributed by atoms with E-state index in [1.807, 2.05) is 60.0 Å². The Morgan fingerprint density at radius 1 is 0.800 bits per heavy atom. The maximum absolute atomic E-state index is 13.0. The summed E-state index contributed by atoms with van der Waals surface area (Å²) < 4.78 is 24.8. The molecule has 0 aliphatic rings. The molecule has 0 saturated carbocycles. The minimum atomic E-state index is -0.327. The molecule has 1 aromatic heterocycles. The Kier molecular flexibility index (Phi) is 7.57. The normalized spacial score (nSPS) is 10.9. The Hall–Kier alpha value is -3.97. The summed E-state index contributed by atoms with van der Waals surface area (Å²) in [5, 5.41) is 10.1. The first-order chi connectivity index (χ1) is 17.1. The molecule has 7 nitrogen and oxygen atoms in total. The van der Waals surface area contributed by atoms with E-state index < -0.39 is 0 Å². The predicted octanol–water partition coefficient (Wildman–Crippen LogP) is 4.69. The van der Waals surface area contributed by atoms with E-state index in [0.29, 0.717) is 41.1 Å². The van der Waals surface area contributed by atoms with Crippen LogP contribution in [0.4, 0.5) is 0 Å². The van der Waals surface area contributed by atoms with Gasteiger partial charge in [0.1, 0.15) is 24.7 Å². The van der Waals surface area contributed by atoms with Crippen LogP contribution in [0.5, 0.6) is 23.0 Å². The Morgan fingerprint density at radius 2 is 1.37 bits per heavy atom. The summed E-state index contributed by atoms with van der Waals surface area (Å²) in [7, 11) is 3.25. The van der Waals surface area contributed by atoms with Crippen molar-refractivity contribution >= 4 is 10.9 Å². The van der Waals surface area contributed by atoms with Crippen molar-refractivity contribution in [2.45, 2.75) is 33.3 Å². The molecule has 0 aliphatic heterocycles. The number of aromatic nitrogens is 1. The minimum Gasteiger partial charge on any atom is -0.497 e. The molecule has 0 amide bonds. The summed E-state index contributed by atoms with van der Waals surface area (Å²) in [6, 6.07) is 18.7. The zero-order valence-electron chi connectivity index (χ0n) is 20.1. The highest BCUT2D eigenvalue weighted by Gasteiger charge is 2.18. The number of aliphatic hydroxyl groups is 1. The molecular weight excluding hydrogens is 446 g/mol. The molecule has 35 heavy (non-hydrogen) atoms. The first kappa shape index (κ1) is 24.2. The number of pyridine rings is 1. The lowest BCUT2D eigenvalue weighted by atomic mass is 10.1. The third kappa shape index (κ3) is 5.25. The summed E-state index contributed by atoms with van der Waals surface area (Å²) >= 11 is 0. The second kappa shape index (κ2) is 11.0. The molecule has 0 fully saturated rings. The van der Waals surface area contributed by atoms with Crippen molar-refractivity contribution in [3.05, 3.63) is 93.8 Å². The fourth-order valence-electron chi connectivity index (χ4n) is 3.88. The second-order valence-corrected chi connectivity index (χ2v) is 7.99. The number of hydrogen-bond donors (Lipinski definition) is 1. The number of methoxy groups -OCH3 is 2. The first-order valence-electron chi connectivity index (χ1n) is 11.4. The van der Waals surface area contributed by atoms with E-state index in [1.165, 1.54) is 0 Å². The van der Waals surface area contributed by atoms with Crippen LogP contribution >= 0.6 is 0 Å². The van der Waals surface area contributed by atoms with Gasteiger partial charge in [0.25, 0.3) is 0 Å². The molecule has 0 spiro atoms. The van der Waals surface area contributed by atoms with Crippen LogP contribution in [0.2, 0.25) is 0 Å². The number of hydrogen-bond acceptors (Lipinski definition) is 6. The van der Waals surface area contributed by atoms with E-state index in [-0.39, 0.29) is 18.6 Å². The average Bonchev–Trinajstić information content (AvgIpc) is 2.91. The van der Waals surface area contributed by atoms with Gasteiger partial charge in [0, 0.05) is 18.3 Å². The van der Waals surface area contributed by atoms with Gasteiger partial charge in [0.15, 0.2) is 16.9 Å². The molecule has 1 heterocycles. The average molecular weight is 476 g/mol. The largest absolute Gasteiger partial charge is 0.497 e. The fourth-order valence-corrected chi connectivity index (χ4v) is 3.88. The van der Waals surface area contributed by atoms with Crippen molar-refractivity contribution in [1.29, 1.82) is 0 Å². The van der Waals surface area contributed by atoms with Gasteiger partial charge in [-0.25, -0.2) is 0 Å². The van der Waals surface area contributed by atoms with E-state index in [0.717, 1.165) is 22.6 Å². The van der Waals surface area contributed by atoms with Crippen LogP contribution in [-0.2, 0) is 26.4 Å². The number of fused-ring (bicyclic) bond motifs is 1. The molecule has 0 saturated heterocycles. The lowest BCUT2D eigenvalue weighted by Gasteiger charge is -2.19. The SMILES string of the molecule is CCn1cc(CO)c(=O)c2ccc(OCc3ccc(OC)cc3)c(OCc3ccc(OC)cc3)c21. The molecule has 0 bridgehead atoms. The number of aliphatic hydroxyl groups excluding tert-OH is 1. The second-order valence-electron chi connectivity index (χ2n) is 7.99. The Labute approximate surface area is 204 Å². The van der Waals surface area contributed by atoms with Crippen LogP contribution in [0.3, 0.4) is 0 Å². The van der Waals surface area contributed by atoms with Crippen molar-refractivity contribution in [2.24, 2.45) is 0 Å². The number of ether oxygens (including phenoxy) is 4. The maximum Gasteiger partial charge on any atom is 0.195 e. The molecular formula is C28H29NO6. The van der Waals surface area contributed by atoms with E-state index in [9.17, 15) is 9.90 Å².